The summed E-state index contributed by atoms with van der Waals surface area (Å²) in [5.41, 5.74) is 0.898. The second-order valence-corrected chi connectivity index (χ2v) is 12.3. The van der Waals surface area contributed by atoms with E-state index in [4.69, 9.17) is 17.0 Å². The van der Waals surface area contributed by atoms with Crippen molar-refractivity contribution >= 4 is 40.5 Å². The fraction of sp³-hybridized carbons (Fsp3) is 0.640. The van der Waals surface area contributed by atoms with E-state index in [0.717, 1.165) is 60.8 Å². The van der Waals surface area contributed by atoms with Gasteiger partial charge in [0.15, 0.2) is 5.78 Å². The molecule has 5 nitrogen and oxygen atoms in total. The molecule has 4 unspecified atom stereocenters. The van der Waals surface area contributed by atoms with E-state index in [1.807, 2.05) is 24.3 Å². The van der Waals surface area contributed by atoms with Crippen molar-refractivity contribution < 1.29 is 14.3 Å². The van der Waals surface area contributed by atoms with Gasteiger partial charge in [-0.05, 0) is 74.0 Å². The lowest BCUT2D eigenvalue weighted by atomic mass is 9.53. The summed E-state index contributed by atoms with van der Waals surface area (Å²) in [4.78, 5) is 29.5. The number of ketones is 1. The van der Waals surface area contributed by atoms with E-state index in [9.17, 15) is 9.59 Å². The molecule has 0 radical (unpaired) electrons. The summed E-state index contributed by atoms with van der Waals surface area (Å²) in [6, 6.07) is 7.16. The number of thiocarbonyl (C=S) groups is 1. The van der Waals surface area contributed by atoms with E-state index in [2.05, 4.69) is 10.2 Å². The van der Waals surface area contributed by atoms with Gasteiger partial charge in [-0.3, -0.25) is 14.5 Å². The van der Waals surface area contributed by atoms with E-state index in [1.54, 1.807) is 18.9 Å². The number of nitrogens with one attached hydrogen (secondary N) is 1. The topological polar surface area (TPSA) is 58.6 Å². The van der Waals surface area contributed by atoms with Crippen LogP contribution < -0.4 is 10.1 Å². The van der Waals surface area contributed by atoms with Crippen LogP contribution in [0.3, 0.4) is 0 Å². The highest BCUT2D eigenvalue weighted by Gasteiger charge is 2.54. The normalized spacial score (nSPS) is 41.5. The van der Waals surface area contributed by atoms with Crippen LogP contribution in [0.25, 0.3) is 0 Å². The maximum absolute atomic E-state index is 13.7. The summed E-state index contributed by atoms with van der Waals surface area (Å²) in [6.07, 6.45) is 7.25. The number of hydrogen-bond acceptors (Lipinski definition) is 6. The third-order valence-electron chi connectivity index (χ3n) is 8.55. The minimum absolute atomic E-state index is 0.0714. The summed E-state index contributed by atoms with van der Waals surface area (Å²) in [7, 11) is 1.64. The van der Waals surface area contributed by atoms with Crippen LogP contribution in [0.4, 0.5) is 0 Å². The average molecular weight is 471 g/mol. The largest absolute Gasteiger partial charge is 0.497 e. The lowest BCUT2D eigenvalue weighted by Gasteiger charge is -2.57. The summed E-state index contributed by atoms with van der Waals surface area (Å²) in [5.74, 6) is 3.44. The van der Waals surface area contributed by atoms with Crippen molar-refractivity contribution in [2.45, 2.75) is 61.3 Å². The number of hydrogen-bond donors (Lipinski definition) is 1. The van der Waals surface area contributed by atoms with E-state index in [1.165, 1.54) is 19.3 Å². The molecule has 0 aromatic heterocycles. The molecule has 2 aliphatic heterocycles. The third-order valence-corrected chi connectivity index (χ3v) is 10.3. The van der Waals surface area contributed by atoms with Gasteiger partial charge >= 0.3 is 0 Å². The monoisotopic (exact) mass is 470 g/mol. The Morgan fingerprint density at radius 3 is 2.34 bits per heavy atom. The van der Waals surface area contributed by atoms with E-state index in [0.29, 0.717) is 0 Å². The molecule has 1 amide bonds. The molecular formula is C25H30N2O3S2. The summed E-state index contributed by atoms with van der Waals surface area (Å²) < 4.78 is 5.28. The van der Waals surface area contributed by atoms with Gasteiger partial charge in [0.25, 0.3) is 5.91 Å². The second-order valence-electron chi connectivity index (χ2n) is 10.7. The molecule has 7 heteroatoms. The maximum Gasteiger partial charge on any atom is 0.260 e. The minimum atomic E-state index is -0.600. The van der Waals surface area contributed by atoms with Crippen molar-refractivity contribution in [1.29, 1.82) is 0 Å². The van der Waals surface area contributed by atoms with Crippen molar-refractivity contribution in [1.82, 2.24) is 10.2 Å². The van der Waals surface area contributed by atoms with Crippen molar-refractivity contribution in [3.05, 3.63) is 29.8 Å². The van der Waals surface area contributed by atoms with Gasteiger partial charge in [-0.25, -0.2) is 0 Å². The average Bonchev–Trinajstić information content (AvgIpc) is 3.17. The van der Waals surface area contributed by atoms with Gasteiger partial charge in [0, 0.05) is 23.2 Å². The zero-order valence-electron chi connectivity index (χ0n) is 18.4. The van der Waals surface area contributed by atoms with Gasteiger partial charge in [-0.15, -0.1) is 11.8 Å². The zero-order valence-corrected chi connectivity index (χ0v) is 20.1. The first-order chi connectivity index (χ1) is 15.4. The number of fused-ring (bicyclic) bond motifs is 2. The Bertz CT molecular complexity index is 927. The maximum atomic E-state index is 13.7. The van der Waals surface area contributed by atoms with Gasteiger partial charge in [0.1, 0.15) is 16.7 Å². The molecule has 2 saturated heterocycles. The van der Waals surface area contributed by atoms with Crippen LogP contribution in [0.1, 0.15) is 50.0 Å². The Hall–Kier alpha value is -1.44. The molecule has 6 aliphatic rings. The van der Waals surface area contributed by atoms with Crippen molar-refractivity contribution in [2.24, 2.45) is 17.8 Å². The van der Waals surface area contributed by atoms with Gasteiger partial charge in [0.05, 0.1) is 13.0 Å². The van der Waals surface area contributed by atoms with Crippen LogP contribution in [-0.4, -0.2) is 57.8 Å². The highest BCUT2D eigenvalue weighted by atomic mass is 32.2. The first-order valence-corrected chi connectivity index (χ1v) is 13.3. The molecule has 2 heterocycles. The Morgan fingerprint density at radius 1 is 1.12 bits per heavy atom. The second kappa shape index (κ2) is 7.81. The standard InChI is InChI=1S/C25H30N2O3S2/c1-30-18-4-2-17(3-5-18)20-19-12-27(13-32-19)21(22(20)28)23(31)24(29)26-25-9-14-6-15(10-25)8-16(7-14)11-25/h2-5,14-16,19-21H,6-13H2,1H3,(H,26,29). The number of nitrogens with zero attached hydrogens (tertiary/aromatic N) is 1. The predicted molar refractivity (Wildman–Crippen MR) is 129 cm³/mol. The number of ether oxygens (including phenoxy) is 1. The molecule has 4 saturated carbocycles. The SMILES string of the molecule is COc1ccc(C2C(=O)C(C(=S)C(=O)NC34CC5CC(CC(C5)C3)C4)N3CSC2C3)cc1. The first-order valence-electron chi connectivity index (χ1n) is 11.8. The fourth-order valence-electron chi connectivity index (χ4n) is 7.62. The number of piperidine rings is 1. The molecule has 1 aromatic carbocycles. The quantitative estimate of drug-likeness (QED) is 0.664. The first kappa shape index (κ1) is 21.1. The number of thioether (sulfide) groups is 1. The summed E-state index contributed by atoms with van der Waals surface area (Å²) >= 11 is 7.53. The van der Waals surface area contributed by atoms with Gasteiger partial charge in [0.2, 0.25) is 0 Å². The molecule has 7 rings (SSSR count). The molecule has 0 spiro atoms. The number of benzene rings is 1. The Morgan fingerprint density at radius 2 is 1.75 bits per heavy atom. The molecule has 170 valence electrons. The molecule has 4 atom stereocenters. The Labute approximate surface area is 199 Å². The van der Waals surface area contributed by atoms with E-state index in [-0.39, 0.29) is 33.3 Å². The predicted octanol–water partition coefficient (Wildman–Crippen LogP) is 3.56. The molecule has 6 bridgehead atoms. The van der Waals surface area contributed by atoms with Crippen LogP contribution in [0.5, 0.6) is 5.75 Å². The highest BCUT2D eigenvalue weighted by molar-refractivity contribution is 8.00. The van der Waals surface area contributed by atoms with Crippen LogP contribution in [0.15, 0.2) is 24.3 Å². The molecular weight excluding hydrogens is 440 g/mol. The fourth-order valence-corrected chi connectivity index (χ4v) is 9.35. The number of carbonyl (C=O) groups excluding carboxylic acids is 2. The van der Waals surface area contributed by atoms with E-state index >= 15 is 0 Å². The van der Waals surface area contributed by atoms with Crippen LogP contribution in [0, 0.1) is 17.8 Å². The number of carbonyl (C=O) groups is 2. The van der Waals surface area contributed by atoms with Crippen LogP contribution in [0.2, 0.25) is 0 Å². The van der Waals surface area contributed by atoms with Crippen LogP contribution in [-0.2, 0) is 9.59 Å². The highest BCUT2D eigenvalue weighted by Crippen LogP contribution is 2.55. The van der Waals surface area contributed by atoms with Gasteiger partial charge < -0.3 is 10.1 Å². The minimum Gasteiger partial charge on any atom is -0.497 e. The molecule has 6 fully saturated rings. The lowest BCUT2D eigenvalue weighted by Crippen LogP contribution is -2.63. The number of Topliss-reactive ketones (excluding diaryl/α,β-unsaturated/α-hetero) is 1. The third kappa shape index (κ3) is 3.43. The Balaban J connectivity index is 1.22. The van der Waals surface area contributed by atoms with Gasteiger partial charge in [-0.2, -0.15) is 0 Å². The van der Waals surface area contributed by atoms with Crippen LogP contribution >= 0.6 is 24.0 Å². The number of methoxy groups -OCH3 is 1. The lowest BCUT2D eigenvalue weighted by molar-refractivity contribution is -0.127. The van der Waals surface area contributed by atoms with Crippen molar-refractivity contribution in [2.75, 3.05) is 19.5 Å². The number of amides is 1. The van der Waals surface area contributed by atoms with Gasteiger partial charge in [-0.1, -0.05) is 24.4 Å². The van der Waals surface area contributed by atoms with Crippen molar-refractivity contribution in [3.8, 4) is 5.75 Å². The molecule has 1 N–H and O–H groups in total. The molecule has 32 heavy (non-hydrogen) atoms. The van der Waals surface area contributed by atoms with E-state index < -0.39 is 6.04 Å². The number of rotatable bonds is 5. The molecule has 1 aromatic rings. The summed E-state index contributed by atoms with van der Waals surface area (Å²) in [6.45, 7) is 0.794. The smallest absolute Gasteiger partial charge is 0.260 e. The van der Waals surface area contributed by atoms with Crippen molar-refractivity contribution in [3.63, 3.8) is 0 Å². The summed E-state index contributed by atoms with van der Waals surface area (Å²) in [5, 5.41) is 3.60. The Kier molecular flexibility index (Phi) is 5.15. The molecule has 4 aliphatic carbocycles. The zero-order chi connectivity index (χ0) is 22.0.